The van der Waals surface area contributed by atoms with Gasteiger partial charge < -0.3 is 9.05 Å². The van der Waals surface area contributed by atoms with Gasteiger partial charge in [-0.05, 0) is 68.5 Å². The van der Waals surface area contributed by atoms with Crippen molar-refractivity contribution in [3.63, 3.8) is 0 Å². The maximum absolute atomic E-state index is 6.10. The molecule has 0 heterocycles. The molecule has 0 bridgehead atoms. The molecule has 0 saturated heterocycles. The fourth-order valence-corrected chi connectivity index (χ4v) is 4.51. The molecule has 126 valence electrons. The van der Waals surface area contributed by atoms with Crippen LogP contribution < -0.4 is 9.05 Å². The van der Waals surface area contributed by atoms with Crippen LogP contribution in [0, 0.1) is 0 Å². The van der Waals surface area contributed by atoms with Gasteiger partial charge >= 0.3 is 0 Å². The number of benzene rings is 1. The SMILES string of the molecule is CN(C)P(Oc1cccc(OP(N(C)C)N(C)C)c1)N(C)C. The molecule has 1 aromatic rings. The summed E-state index contributed by atoms with van der Waals surface area (Å²) in [6.45, 7) is 0. The zero-order chi connectivity index (χ0) is 16.9. The molecule has 0 spiro atoms. The average molecular weight is 346 g/mol. The Morgan fingerprint density at radius 3 is 1.23 bits per heavy atom. The average Bonchev–Trinajstić information content (AvgIpc) is 2.41. The summed E-state index contributed by atoms with van der Waals surface area (Å²) in [5, 5.41) is 0. The third kappa shape index (κ3) is 5.96. The van der Waals surface area contributed by atoms with Crippen molar-refractivity contribution in [3.8, 4) is 11.5 Å². The zero-order valence-electron chi connectivity index (χ0n) is 14.8. The second kappa shape index (κ2) is 8.97. The fraction of sp³-hybridized carbons (Fsp3) is 0.571. The quantitative estimate of drug-likeness (QED) is 0.672. The van der Waals surface area contributed by atoms with Gasteiger partial charge in [0.15, 0.2) is 0 Å². The van der Waals surface area contributed by atoms with Crippen LogP contribution in [0.15, 0.2) is 24.3 Å². The molecule has 0 aliphatic carbocycles. The lowest BCUT2D eigenvalue weighted by atomic mass is 10.3. The second-order valence-corrected chi connectivity index (χ2v) is 10.1. The molecule has 1 aromatic carbocycles. The van der Waals surface area contributed by atoms with Gasteiger partial charge in [0.2, 0.25) is 16.9 Å². The Morgan fingerprint density at radius 2 is 0.955 bits per heavy atom. The summed E-state index contributed by atoms with van der Waals surface area (Å²) in [6.07, 6.45) is 0. The highest BCUT2D eigenvalue weighted by atomic mass is 31.2. The lowest BCUT2D eigenvalue weighted by molar-refractivity contribution is 0.442. The first-order valence-corrected chi connectivity index (χ1v) is 9.30. The molecular formula is C14H28N4O2P2. The lowest BCUT2D eigenvalue weighted by Crippen LogP contribution is -2.20. The Bertz CT molecular complexity index is 405. The molecule has 6 nitrogen and oxygen atoms in total. The van der Waals surface area contributed by atoms with E-state index in [2.05, 4.69) is 18.7 Å². The molecule has 0 aliphatic heterocycles. The first-order chi connectivity index (χ1) is 10.2. The van der Waals surface area contributed by atoms with E-state index < -0.39 is 16.9 Å². The lowest BCUT2D eigenvalue weighted by Gasteiger charge is -2.30. The molecule has 0 saturated carbocycles. The molecule has 0 unspecified atom stereocenters. The predicted molar refractivity (Wildman–Crippen MR) is 96.3 cm³/mol. The number of rotatable bonds is 8. The monoisotopic (exact) mass is 346 g/mol. The van der Waals surface area contributed by atoms with E-state index in [1.54, 1.807) is 0 Å². The predicted octanol–water partition coefficient (Wildman–Crippen LogP) is 3.14. The van der Waals surface area contributed by atoms with Crippen LogP contribution in [0.1, 0.15) is 0 Å². The zero-order valence-corrected chi connectivity index (χ0v) is 16.6. The third-order valence-electron chi connectivity index (χ3n) is 2.55. The van der Waals surface area contributed by atoms with Crippen LogP contribution in [0.2, 0.25) is 0 Å². The topological polar surface area (TPSA) is 31.4 Å². The highest BCUT2D eigenvalue weighted by molar-refractivity contribution is 7.48. The van der Waals surface area contributed by atoms with Crippen LogP contribution >= 0.6 is 16.9 Å². The minimum Gasteiger partial charge on any atom is -0.444 e. The van der Waals surface area contributed by atoms with E-state index >= 15 is 0 Å². The molecule has 1 rings (SSSR count). The summed E-state index contributed by atoms with van der Waals surface area (Å²) in [5.74, 6) is 1.64. The minimum atomic E-state index is -0.817. The van der Waals surface area contributed by atoms with Gasteiger partial charge in [0.1, 0.15) is 11.5 Å². The van der Waals surface area contributed by atoms with Crippen LogP contribution in [0.25, 0.3) is 0 Å². The van der Waals surface area contributed by atoms with Gasteiger partial charge in [0.05, 0.1) is 0 Å². The molecule has 0 fully saturated rings. The van der Waals surface area contributed by atoms with Crippen molar-refractivity contribution in [2.24, 2.45) is 0 Å². The molecule has 22 heavy (non-hydrogen) atoms. The van der Waals surface area contributed by atoms with Gasteiger partial charge in [-0.3, -0.25) is 0 Å². The van der Waals surface area contributed by atoms with E-state index in [1.165, 1.54) is 0 Å². The van der Waals surface area contributed by atoms with Crippen LogP contribution in [-0.2, 0) is 0 Å². The first-order valence-electron chi connectivity index (χ1n) is 6.97. The first kappa shape index (κ1) is 19.6. The summed E-state index contributed by atoms with van der Waals surface area (Å²) in [4.78, 5) is 0. The molecule has 0 aromatic heterocycles. The Balaban J connectivity index is 2.85. The van der Waals surface area contributed by atoms with Crippen LogP contribution in [-0.4, -0.2) is 75.1 Å². The van der Waals surface area contributed by atoms with Crippen molar-refractivity contribution in [3.05, 3.63) is 24.3 Å². The standard InChI is InChI=1S/C14H28N4O2P2/c1-15(2)21(16(3)4)19-13-10-9-11-14(12-13)20-22(17(5)6)18(7)8/h9-12H,1-8H3. The summed E-state index contributed by atoms with van der Waals surface area (Å²) in [6, 6.07) is 7.83. The van der Waals surface area contributed by atoms with Gasteiger partial charge in [0, 0.05) is 6.07 Å². The molecule has 0 amide bonds. The van der Waals surface area contributed by atoms with E-state index in [4.69, 9.17) is 9.05 Å². The summed E-state index contributed by atoms with van der Waals surface area (Å²) in [5.41, 5.74) is 0. The van der Waals surface area contributed by atoms with Crippen molar-refractivity contribution < 1.29 is 9.05 Å². The van der Waals surface area contributed by atoms with E-state index in [-0.39, 0.29) is 0 Å². The van der Waals surface area contributed by atoms with Crippen molar-refractivity contribution in [1.82, 2.24) is 18.7 Å². The van der Waals surface area contributed by atoms with Crippen LogP contribution in [0.3, 0.4) is 0 Å². The molecular weight excluding hydrogens is 318 g/mol. The molecule has 0 radical (unpaired) electrons. The Hall–Kier alpha value is -0.480. The molecule has 0 aliphatic rings. The maximum atomic E-state index is 6.10. The van der Waals surface area contributed by atoms with Gasteiger partial charge in [0.25, 0.3) is 0 Å². The van der Waals surface area contributed by atoms with Crippen molar-refractivity contribution in [2.45, 2.75) is 0 Å². The normalized spacial score (nSPS) is 12.3. The van der Waals surface area contributed by atoms with Crippen molar-refractivity contribution in [2.75, 3.05) is 56.4 Å². The number of hydrogen-bond donors (Lipinski definition) is 0. The highest BCUT2D eigenvalue weighted by Crippen LogP contribution is 2.45. The molecule has 8 heteroatoms. The summed E-state index contributed by atoms with van der Waals surface area (Å²) in [7, 11) is 14.5. The van der Waals surface area contributed by atoms with Crippen molar-refractivity contribution in [1.29, 1.82) is 0 Å². The van der Waals surface area contributed by atoms with Crippen molar-refractivity contribution >= 4 is 16.9 Å². The summed E-state index contributed by atoms with van der Waals surface area (Å²) < 4.78 is 20.5. The number of hydrogen-bond acceptors (Lipinski definition) is 6. The maximum Gasteiger partial charge on any atom is 0.247 e. The summed E-state index contributed by atoms with van der Waals surface area (Å²) >= 11 is 0. The van der Waals surface area contributed by atoms with Gasteiger partial charge in [-0.1, -0.05) is 6.07 Å². The minimum absolute atomic E-state index is 0.817. The van der Waals surface area contributed by atoms with Crippen LogP contribution in [0.4, 0.5) is 0 Å². The van der Waals surface area contributed by atoms with E-state index in [0.717, 1.165) is 11.5 Å². The number of nitrogens with zero attached hydrogens (tertiary/aromatic N) is 4. The third-order valence-corrected chi connectivity index (χ3v) is 6.03. The van der Waals surface area contributed by atoms with Gasteiger partial charge in [-0.15, -0.1) is 0 Å². The fourth-order valence-electron chi connectivity index (χ4n) is 1.82. The Kier molecular flexibility index (Phi) is 7.98. The molecule has 0 N–H and O–H groups in total. The molecule has 0 atom stereocenters. The highest BCUT2D eigenvalue weighted by Gasteiger charge is 2.20. The Morgan fingerprint density at radius 1 is 0.636 bits per heavy atom. The largest absolute Gasteiger partial charge is 0.444 e. The van der Waals surface area contributed by atoms with Gasteiger partial charge in [-0.25, -0.2) is 18.7 Å². The Labute approximate surface area is 137 Å². The van der Waals surface area contributed by atoms with E-state index in [1.807, 2.05) is 80.6 Å². The van der Waals surface area contributed by atoms with E-state index in [9.17, 15) is 0 Å². The second-order valence-electron chi connectivity index (χ2n) is 5.55. The van der Waals surface area contributed by atoms with E-state index in [0.29, 0.717) is 0 Å². The van der Waals surface area contributed by atoms with Crippen LogP contribution in [0.5, 0.6) is 11.5 Å². The van der Waals surface area contributed by atoms with Gasteiger partial charge in [-0.2, -0.15) is 0 Å². The smallest absolute Gasteiger partial charge is 0.247 e.